The second-order valence-electron chi connectivity index (χ2n) is 3.46. The predicted molar refractivity (Wildman–Crippen MR) is 68.7 cm³/mol. The SMILES string of the molecule is COCCOCCNC(=O)c1cc(N)nc(Cl)c1. The second-order valence-corrected chi connectivity index (χ2v) is 3.85. The molecule has 0 saturated carbocycles. The minimum Gasteiger partial charge on any atom is -0.384 e. The van der Waals surface area contributed by atoms with E-state index in [1.54, 1.807) is 7.11 Å². The second kappa shape index (κ2) is 7.86. The third-order valence-electron chi connectivity index (χ3n) is 2.04. The molecule has 0 spiro atoms. The zero-order valence-electron chi connectivity index (χ0n) is 10.1. The molecule has 1 amide bonds. The maximum Gasteiger partial charge on any atom is 0.251 e. The molecule has 0 atom stereocenters. The molecular weight excluding hydrogens is 258 g/mol. The molecule has 1 aromatic rings. The molecule has 0 saturated heterocycles. The Labute approximate surface area is 110 Å². The lowest BCUT2D eigenvalue weighted by atomic mass is 10.2. The fourth-order valence-electron chi connectivity index (χ4n) is 1.23. The van der Waals surface area contributed by atoms with E-state index >= 15 is 0 Å². The molecule has 6 nitrogen and oxygen atoms in total. The van der Waals surface area contributed by atoms with Crippen molar-refractivity contribution in [1.82, 2.24) is 10.3 Å². The maximum atomic E-state index is 11.7. The van der Waals surface area contributed by atoms with Crippen LogP contribution in [0.4, 0.5) is 5.82 Å². The number of amides is 1. The first-order valence-corrected chi connectivity index (χ1v) is 5.79. The number of anilines is 1. The zero-order chi connectivity index (χ0) is 13.4. The van der Waals surface area contributed by atoms with Crippen molar-refractivity contribution >= 4 is 23.3 Å². The highest BCUT2D eigenvalue weighted by Crippen LogP contribution is 2.11. The Morgan fingerprint density at radius 1 is 1.44 bits per heavy atom. The van der Waals surface area contributed by atoms with Crippen molar-refractivity contribution in [2.75, 3.05) is 39.2 Å². The van der Waals surface area contributed by atoms with E-state index in [1.165, 1.54) is 12.1 Å². The first kappa shape index (κ1) is 14.7. The largest absolute Gasteiger partial charge is 0.384 e. The average Bonchev–Trinajstić information content (AvgIpc) is 2.32. The number of nitrogens with two attached hydrogens (primary N) is 1. The highest BCUT2D eigenvalue weighted by Gasteiger charge is 2.07. The highest BCUT2D eigenvalue weighted by atomic mass is 35.5. The molecule has 0 aliphatic rings. The number of hydrogen-bond acceptors (Lipinski definition) is 5. The van der Waals surface area contributed by atoms with Crippen molar-refractivity contribution in [2.24, 2.45) is 0 Å². The van der Waals surface area contributed by atoms with Crippen LogP contribution in [-0.2, 0) is 9.47 Å². The van der Waals surface area contributed by atoms with E-state index < -0.39 is 0 Å². The fraction of sp³-hybridized carbons (Fsp3) is 0.455. The first-order chi connectivity index (χ1) is 8.63. The standard InChI is InChI=1S/C11H16ClN3O3/c1-17-4-5-18-3-2-14-11(16)8-6-9(12)15-10(13)7-8/h6-7H,2-5H2,1H3,(H2,13,15)(H,14,16). The van der Waals surface area contributed by atoms with Crippen molar-refractivity contribution in [1.29, 1.82) is 0 Å². The zero-order valence-corrected chi connectivity index (χ0v) is 10.9. The summed E-state index contributed by atoms with van der Waals surface area (Å²) in [6.07, 6.45) is 0. The van der Waals surface area contributed by atoms with E-state index in [-0.39, 0.29) is 16.9 Å². The van der Waals surface area contributed by atoms with E-state index in [1.807, 2.05) is 0 Å². The number of rotatable bonds is 7. The van der Waals surface area contributed by atoms with Gasteiger partial charge in [0.2, 0.25) is 0 Å². The molecule has 1 aromatic heterocycles. The van der Waals surface area contributed by atoms with Crippen LogP contribution in [0.15, 0.2) is 12.1 Å². The Morgan fingerprint density at radius 3 is 2.89 bits per heavy atom. The molecule has 0 aromatic carbocycles. The van der Waals surface area contributed by atoms with Crippen LogP contribution >= 0.6 is 11.6 Å². The summed E-state index contributed by atoms with van der Waals surface area (Å²) in [5, 5.41) is 2.87. The molecule has 0 bridgehead atoms. The quantitative estimate of drug-likeness (QED) is 0.564. The lowest BCUT2D eigenvalue weighted by Crippen LogP contribution is -2.27. The fourth-order valence-corrected chi connectivity index (χ4v) is 1.45. The number of hydrogen-bond donors (Lipinski definition) is 2. The molecule has 1 heterocycles. The molecule has 0 aliphatic carbocycles. The number of pyridine rings is 1. The van der Waals surface area contributed by atoms with Gasteiger partial charge in [-0.2, -0.15) is 0 Å². The van der Waals surface area contributed by atoms with Crippen LogP contribution in [0.2, 0.25) is 5.15 Å². The van der Waals surface area contributed by atoms with Gasteiger partial charge in [-0.25, -0.2) is 4.98 Å². The summed E-state index contributed by atoms with van der Waals surface area (Å²) in [6.45, 7) is 1.86. The number of ether oxygens (including phenoxy) is 2. The van der Waals surface area contributed by atoms with Gasteiger partial charge in [0, 0.05) is 19.2 Å². The average molecular weight is 274 g/mol. The molecule has 3 N–H and O–H groups in total. The monoisotopic (exact) mass is 273 g/mol. The first-order valence-electron chi connectivity index (χ1n) is 5.41. The lowest BCUT2D eigenvalue weighted by molar-refractivity contribution is 0.0692. The molecule has 100 valence electrons. The number of carbonyl (C=O) groups is 1. The van der Waals surface area contributed by atoms with Gasteiger partial charge in [-0.05, 0) is 12.1 Å². The molecule has 0 fully saturated rings. The molecule has 0 radical (unpaired) electrons. The maximum absolute atomic E-state index is 11.7. The van der Waals surface area contributed by atoms with E-state index in [9.17, 15) is 4.79 Å². The Kier molecular flexibility index (Phi) is 6.42. The van der Waals surface area contributed by atoms with E-state index in [0.717, 1.165) is 0 Å². The predicted octanol–water partition coefficient (Wildman–Crippen LogP) is 0.710. The van der Waals surface area contributed by atoms with Crippen LogP contribution in [0.5, 0.6) is 0 Å². The van der Waals surface area contributed by atoms with E-state index in [0.29, 0.717) is 31.9 Å². The van der Waals surface area contributed by atoms with Gasteiger partial charge in [-0.15, -0.1) is 0 Å². The lowest BCUT2D eigenvalue weighted by Gasteiger charge is -2.07. The third kappa shape index (κ3) is 5.31. The van der Waals surface area contributed by atoms with Crippen molar-refractivity contribution in [3.8, 4) is 0 Å². The molecule has 0 aliphatic heterocycles. The summed E-state index contributed by atoms with van der Waals surface area (Å²) in [7, 11) is 1.60. The number of aromatic nitrogens is 1. The summed E-state index contributed by atoms with van der Waals surface area (Å²) >= 11 is 5.70. The van der Waals surface area contributed by atoms with Gasteiger partial charge in [0.1, 0.15) is 11.0 Å². The Bertz CT molecular complexity index is 381. The van der Waals surface area contributed by atoms with Crippen molar-refractivity contribution in [2.45, 2.75) is 0 Å². The van der Waals surface area contributed by atoms with Crippen molar-refractivity contribution in [3.05, 3.63) is 22.8 Å². The van der Waals surface area contributed by atoms with Crippen LogP contribution in [0.25, 0.3) is 0 Å². The highest BCUT2D eigenvalue weighted by molar-refractivity contribution is 6.29. The number of nitrogens with zero attached hydrogens (tertiary/aromatic N) is 1. The van der Waals surface area contributed by atoms with Crippen LogP contribution in [0.3, 0.4) is 0 Å². The third-order valence-corrected chi connectivity index (χ3v) is 2.23. The number of halogens is 1. The minimum atomic E-state index is -0.263. The summed E-state index contributed by atoms with van der Waals surface area (Å²) < 4.78 is 10.0. The summed E-state index contributed by atoms with van der Waals surface area (Å²) in [5.41, 5.74) is 5.87. The van der Waals surface area contributed by atoms with E-state index in [2.05, 4.69) is 10.3 Å². The number of carbonyl (C=O) groups excluding carboxylic acids is 1. The van der Waals surface area contributed by atoms with Gasteiger partial charge >= 0.3 is 0 Å². The van der Waals surface area contributed by atoms with E-state index in [4.69, 9.17) is 26.8 Å². The van der Waals surface area contributed by atoms with Crippen LogP contribution < -0.4 is 11.1 Å². The van der Waals surface area contributed by atoms with Gasteiger partial charge in [0.05, 0.1) is 19.8 Å². The smallest absolute Gasteiger partial charge is 0.251 e. The summed E-state index contributed by atoms with van der Waals surface area (Å²) in [4.78, 5) is 15.5. The van der Waals surface area contributed by atoms with Gasteiger partial charge in [-0.1, -0.05) is 11.6 Å². The van der Waals surface area contributed by atoms with Gasteiger partial charge < -0.3 is 20.5 Å². The molecule has 18 heavy (non-hydrogen) atoms. The minimum absolute atomic E-state index is 0.191. The van der Waals surface area contributed by atoms with Crippen LogP contribution in [0.1, 0.15) is 10.4 Å². The number of nitrogens with one attached hydrogen (secondary N) is 1. The summed E-state index contributed by atoms with van der Waals surface area (Å²) in [6, 6.07) is 2.92. The molecule has 1 rings (SSSR count). The van der Waals surface area contributed by atoms with Gasteiger partial charge in [-0.3, -0.25) is 4.79 Å². The normalized spacial score (nSPS) is 10.3. The van der Waals surface area contributed by atoms with Crippen LogP contribution in [0, 0.1) is 0 Å². The van der Waals surface area contributed by atoms with Crippen LogP contribution in [-0.4, -0.2) is 44.4 Å². The summed E-state index contributed by atoms with van der Waals surface area (Å²) in [5.74, 6) is -0.0506. The number of methoxy groups -OCH3 is 1. The van der Waals surface area contributed by atoms with Crippen molar-refractivity contribution in [3.63, 3.8) is 0 Å². The van der Waals surface area contributed by atoms with Gasteiger partial charge in [0.25, 0.3) is 5.91 Å². The molecule has 7 heteroatoms. The Morgan fingerprint density at radius 2 is 2.22 bits per heavy atom. The van der Waals surface area contributed by atoms with Crippen molar-refractivity contribution < 1.29 is 14.3 Å². The van der Waals surface area contributed by atoms with Gasteiger partial charge in [0.15, 0.2) is 0 Å². The Balaban J connectivity index is 2.32. The number of nitrogen functional groups attached to an aromatic ring is 1. The molecule has 0 unspecified atom stereocenters. The molecular formula is C11H16ClN3O3. The topological polar surface area (TPSA) is 86.5 Å². The Hall–Kier alpha value is -1.37.